The molecule has 6 N–H and O–H groups in total. The minimum absolute atomic E-state index is 0.130. The van der Waals surface area contributed by atoms with Gasteiger partial charge in [-0.25, -0.2) is 0 Å². The number of unbranched alkanes of at least 4 members (excludes halogenated alkanes) is 52. The SMILES string of the molecule is CCCCCCCCCCCCCCCCCCCCCCCCCCCCCCC(O)C(COC1OC(CO)C(O)C(O)C1O)NC(=O)CCCCCCCCCCCCCCCCCCCCCCCCCCCC. The van der Waals surface area contributed by atoms with Gasteiger partial charge in [0.1, 0.15) is 24.4 Å². The van der Waals surface area contributed by atoms with E-state index in [1.54, 1.807) is 0 Å². The Labute approximate surface area is 478 Å². The molecule has 77 heavy (non-hydrogen) atoms. The second-order valence-corrected chi connectivity index (χ2v) is 24.7. The Hall–Kier alpha value is -0.810. The van der Waals surface area contributed by atoms with Crippen LogP contribution in [0.5, 0.6) is 0 Å². The normalized spacial score (nSPS) is 18.6. The molecule has 0 aromatic rings. The van der Waals surface area contributed by atoms with Gasteiger partial charge in [0.25, 0.3) is 0 Å². The van der Waals surface area contributed by atoms with Crippen molar-refractivity contribution < 1.29 is 39.8 Å². The zero-order valence-corrected chi connectivity index (χ0v) is 51.5. The third-order valence-corrected chi connectivity index (χ3v) is 17.2. The van der Waals surface area contributed by atoms with Crippen molar-refractivity contribution in [2.24, 2.45) is 0 Å². The van der Waals surface area contributed by atoms with E-state index in [0.717, 1.165) is 38.5 Å². The van der Waals surface area contributed by atoms with Crippen molar-refractivity contribution in [3.05, 3.63) is 0 Å². The number of ether oxygens (including phenoxy) is 2. The zero-order chi connectivity index (χ0) is 55.8. The van der Waals surface area contributed by atoms with Gasteiger partial charge in [-0.1, -0.05) is 354 Å². The highest BCUT2D eigenvalue weighted by Crippen LogP contribution is 2.24. The van der Waals surface area contributed by atoms with Crippen molar-refractivity contribution in [1.82, 2.24) is 5.32 Å². The van der Waals surface area contributed by atoms with Crippen LogP contribution in [0.25, 0.3) is 0 Å². The number of carbonyl (C=O) groups excluding carboxylic acids is 1. The molecular formula is C68H135NO8. The van der Waals surface area contributed by atoms with Gasteiger partial charge in [-0.15, -0.1) is 0 Å². The predicted octanol–water partition coefficient (Wildman–Crippen LogP) is 18.5. The van der Waals surface area contributed by atoms with Crippen LogP contribution in [0.2, 0.25) is 0 Å². The molecule has 1 aliphatic rings. The molecule has 1 saturated heterocycles. The maximum absolute atomic E-state index is 13.1. The van der Waals surface area contributed by atoms with Crippen LogP contribution in [0.15, 0.2) is 0 Å². The van der Waals surface area contributed by atoms with Crippen LogP contribution in [0, 0.1) is 0 Å². The molecule has 0 aliphatic carbocycles. The highest BCUT2D eigenvalue weighted by molar-refractivity contribution is 5.76. The molecule has 9 heteroatoms. The summed E-state index contributed by atoms with van der Waals surface area (Å²) in [6.07, 6.45) is 66.0. The summed E-state index contributed by atoms with van der Waals surface area (Å²) in [6.45, 7) is 3.91. The molecule has 0 spiro atoms. The number of carbonyl (C=O) groups is 1. The Morgan fingerprint density at radius 2 is 0.649 bits per heavy atom. The van der Waals surface area contributed by atoms with Gasteiger partial charge in [-0.3, -0.25) is 4.79 Å². The first-order valence-corrected chi connectivity index (χ1v) is 34.7. The van der Waals surface area contributed by atoms with Gasteiger partial charge in [-0.2, -0.15) is 0 Å². The quantitative estimate of drug-likeness (QED) is 0.0330. The van der Waals surface area contributed by atoms with Crippen molar-refractivity contribution in [1.29, 1.82) is 0 Å². The van der Waals surface area contributed by atoms with E-state index in [1.165, 1.54) is 308 Å². The van der Waals surface area contributed by atoms with Crippen molar-refractivity contribution in [2.75, 3.05) is 13.2 Å². The molecule has 0 radical (unpaired) electrons. The van der Waals surface area contributed by atoms with Crippen LogP contribution < -0.4 is 5.32 Å². The fourth-order valence-corrected chi connectivity index (χ4v) is 11.8. The van der Waals surface area contributed by atoms with Gasteiger partial charge < -0.3 is 40.3 Å². The van der Waals surface area contributed by atoms with Crippen molar-refractivity contribution in [3.63, 3.8) is 0 Å². The summed E-state index contributed by atoms with van der Waals surface area (Å²) in [7, 11) is 0. The summed E-state index contributed by atoms with van der Waals surface area (Å²) in [5.74, 6) is -0.133. The van der Waals surface area contributed by atoms with Crippen molar-refractivity contribution in [2.45, 2.75) is 416 Å². The maximum Gasteiger partial charge on any atom is 0.220 e. The lowest BCUT2D eigenvalue weighted by Gasteiger charge is -2.40. The molecule has 1 aliphatic heterocycles. The Morgan fingerprint density at radius 1 is 0.390 bits per heavy atom. The summed E-state index contributed by atoms with van der Waals surface area (Å²) in [6, 6.07) is -0.715. The van der Waals surface area contributed by atoms with Crippen molar-refractivity contribution >= 4 is 5.91 Å². The topological polar surface area (TPSA) is 149 Å². The molecule has 7 unspecified atom stereocenters. The monoisotopic (exact) mass is 1090 g/mol. The summed E-state index contributed by atoms with van der Waals surface area (Å²) in [5.41, 5.74) is 0. The average Bonchev–Trinajstić information content (AvgIpc) is 3.43. The molecule has 7 atom stereocenters. The van der Waals surface area contributed by atoms with Gasteiger partial charge in [0.05, 0.1) is 25.4 Å². The number of aliphatic hydroxyl groups excluding tert-OH is 5. The number of amides is 1. The molecule has 460 valence electrons. The first-order valence-electron chi connectivity index (χ1n) is 34.7. The Bertz CT molecular complexity index is 1180. The minimum Gasteiger partial charge on any atom is -0.394 e. The number of rotatable bonds is 62. The highest BCUT2D eigenvalue weighted by atomic mass is 16.7. The van der Waals surface area contributed by atoms with Crippen LogP contribution >= 0.6 is 0 Å². The first-order chi connectivity index (χ1) is 37.8. The van der Waals surface area contributed by atoms with E-state index >= 15 is 0 Å². The predicted molar refractivity (Wildman–Crippen MR) is 328 cm³/mol. The standard InChI is InChI=1S/C68H135NO8/c1-3-5-7-9-11-13-15-17-19-21-23-25-27-29-31-32-33-35-37-39-41-43-45-47-49-51-53-55-57-62(71)61(60-76-68-67(75)66(74)65(73)63(59-70)77-68)69-64(72)58-56-54-52-50-48-46-44-42-40-38-36-34-30-28-26-24-22-20-18-16-14-12-10-8-6-4-2/h61-63,65-68,70-71,73-75H,3-60H2,1-2H3,(H,69,72). The number of hydrogen-bond acceptors (Lipinski definition) is 8. The lowest BCUT2D eigenvalue weighted by Crippen LogP contribution is -2.60. The van der Waals surface area contributed by atoms with Crippen LogP contribution in [0.3, 0.4) is 0 Å². The Balaban J connectivity index is 2.10. The van der Waals surface area contributed by atoms with E-state index in [9.17, 15) is 30.3 Å². The lowest BCUT2D eigenvalue weighted by atomic mass is 9.99. The van der Waals surface area contributed by atoms with Crippen LogP contribution in [-0.4, -0.2) is 87.5 Å². The summed E-state index contributed by atoms with van der Waals surface area (Å²) < 4.78 is 11.4. The first kappa shape index (κ1) is 74.2. The molecule has 1 rings (SSSR count). The van der Waals surface area contributed by atoms with E-state index in [2.05, 4.69) is 19.2 Å². The molecule has 1 fully saturated rings. The fraction of sp³-hybridized carbons (Fsp3) is 0.985. The number of hydrogen-bond donors (Lipinski definition) is 6. The molecule has 0 aromatic heterocycles. The van der Waals surface area contributed by atoms with E-state index in [4.69, 9.17) is 9.47 Å². The summed E-state index contributed by atoms with van der Waals surface area (Å²) in [4.78, 5) is 13.1. The zero-order valence-electron chi connectivity index (χ0n) is 51.5. The summed E-state index contributed by atoms with van der Waals surface area (Å²) in [5, 5.41) is 54.9. The minimum atomic E-state index is -1.55. The highest BCUT2D eigenvalue weighted by Gasteiger charge is 2.44. The molecule has 9 nitrogen and oxygen atoms in total. The van der Waals surface area contributed by atoms with Crippen molar-refractivity contribution in [3.8, 4) is 0 Å². The average molecular weight is 1090 g/mol. The Kier molecular flexibility index (Phi) is 56.3. The van der Waals surface area contributed by atoms with Gasteiger partial charge in [0.15, 0.2) is 6.29 Å². The molecular weight excluding hydrogens is 959 g/mol. The molecule has 0 aromatic carbocycles. The Morgan fingerprint density at radius 3 is 0.922 bits per heavy atom. The maximum atomic E-state index is 13.1. The van der Waals surface area contributed by atoms with Gasteiger partial charge >= 0.3 is 0 Å². The van der Waals surface area contributed by atoms with Crippen LogP contribution in [-0.2, 0) is 14.3 Å². The fourth-order valence-electron chi connectivity index (χ4n) is 11.8. The molecule has 1 amide bonds. The lowest BCUT2D eigenvalue weighted by molar-refractivity contribution is -0.302. The van der Waals surface area contributed by atoms with Gasteiger partial charge in [0, 0.05) is 6.42 Å². The van der Waals surface area contributed by atoms with E-state index in [-0.39, 0.29) is 12.5 Å². The number of aliphatic hydroxyl groups is 5. The van der Waals surface area contributed by atoms with Gasteiger partial charge in [-0.05, 0) is 12.8 Å². The van der Waals surface area contributed by atoms with Crippen LogP contribution in [0.4, 0.5) is 0 Å². The van der Waals surface area contributed by atoms with Gasteiger partial charge in [0.2, 0.25) is 5.91 Å². The van der Waals surface area contributed by atoms with E-state index in [0.29, 0.717) is 12.8 Å². The van der Waals surface area contributed by atoms with E-state index in [1.807, 2.05) is 0 Å². The largest absolute Gasteiger partial charge is 0.394 e. The molecule has 0 bridgehead atoms. The second kappa shape index (κ2) is 58.4. The third kappa shape index (κ3) is 47.4. The number of nitrogens with one attached hydrogen (secondary N) is 1. The van der Waals surface area contributed by atoms with E-state index < -0.39 is 49.5 Å². The smallest absolute Gasteiger partial charge is 0.220 e. The third-order valence-electron chi connectivity index (χ3n) is 17.2. The second-order valence-electron chi connectivity index (χ2n) is 24.7. The summed E-state index contributed by atoms with van der Waals surface area (Å²) >= 11 is 0. The molecule has 1 heterocycles. The van der Waals surface area contributed by atoms with Crippen LogP contribution in [0.1, 0.15) is 373 Å². The molecule has 0 saturated carbocycles.